The van der Waals surface area contributed by atoms with Crippen LogP contribution in [-0.2, 0) is 16.1 Å². The van der Waals surface area contributed by atoms with E-state index in [2.05, 4.69) is 5.32 Å². The zero-order valence-corrected chi connectivity index (χ0v) is 11.6. The lowest BCUT2D eigenvalue weighted by Gasteiger charge is -2.10. The van der Waals surface area contributed by atoms with Crippen LogP contribution < -0.4 is 5.32 Å². The number of hydrogen-bond donors (Lipinski definition) is 2. The van der Waals surface area contributed by atoms with E-state index in [4.69, 9.17) is 4.74 Å². The Morgan fingerprint density at radius 2 is 2.05 bits per heavy atom. The Bertz CT molecular complexity index is 595. The Balaban J connectivity index is 1.99. The van der Waals surface area contributed by atoms with Gasteiger partial charge in [0.05, 0.1) is 13.0 Å². The molecule has 0 atom stereocenters. The summed E-state index contributed by atoms with van der Waals surface area (Å²) in [5.41, 5.74) is 0.854. The first-order chi connectivity index (χ1) is 9.72. The molecule has 0 unspecified atom stereocenters. The topological polar surface area (TPSA) is 58.6 Å². The molecule has 0 bridgehead atoms. The lowest BCUT2D eigenvalue weighted by molar-refractivity contribution is -0.142. The van der Waals surface area contributed by atoms with E-state index in [0.29, 0.717) is 26.1 Å². The number of fused-ring (bicyclic) bond motifs is 1. The molecule has 2 N–H and O–H groups in total. The number of carbonyl (C=O) groups is 1. The van der Waals surface area contributed by atoms with Crippen LogP contribution in [0.25, 0.3) is 10.8 Å². The highest BCUT2D eigenvalue weighted by Crippen LogP contribution is 2.26. The van der Waals surface area contributed by atoms with Crippen molar-refractivity contribution in [3.05, 3.63) is 42.0 Å². The smallest absolute Gasteiger partial charge is 0.307 e. The number of esters is 1. The Labute approximate surface area is 118 Å². The highest BCUT2D eigenvalue weighted by Gasteiger charge is 2.07. The third-order valence-corrected chi connectivity index (χ3v) is 3.13. The van der Waals surface area contributed by atoms with Gasteiger partial charge in [0.2, 0.25) is 0 Å². The molecule has 0 radical (unpaired) electrons. The number of nitrogens with one attached hydrogen (secondary N) is 1. The Kier molecular flexibility index (Phi) is 4.96. The molecule has 0 aliphatic rings. The van der Waals surface area contributed by atoms with E-state index < -0.39 is 0 Å². The molecule has 2 aromatic rings. The van der Waals surface area contributed by atoms with Crippen molar-refractivity contribution in [1.82, 2.24) is 5.32 Å². The molecular formula is C16H19NO3. The van der Waals surface area contributed by atoms with Crippen molar-refractivity contribution in [2.75, 3.05) is 13.2 Å². The molecule has 106 valence electrons. The van der Waals surface area contributed by atoms with E-state index in [1.165, 1.54) is 0 Å². The van der Waals surface area contributed by atoms with Crippen molar-refractivity contribution in [3.8, 4) is 5.75 Å². The SMILES string of the molecule is CCOC(=O)CCNCc1c(O)ccc2ccccc12. The van der Waals surface area contributed by atoms with Crippen LogP contribution >= 0.6 is 0 Å². The molecule has 4 heteroatoms. The largest absolute Gasteiger partial charge is 0.508 e. The average Bonchev–Trinajstić information content (AvgIpc) is 2.45. The summed E-state index contributed by atoms with van der Waals surface area (Å²) >= 11 is 0. The summed E-state index contributed by atoms with van der Waals surface area (Å²) in [6, 6.07) is 11.5. The predicted molar refractivity (Wildman–Crippen MR) is 78.6 cm³/mol. The summed E-state index contributed by atoms with van der Waals surface area (Å²) in [7, 11) is 0. The van der Waals surface area contributed by atoms with Crippen molar-refractivity contribution < 1.29 is 14.6 Å². The van der Waals surface area contributed by atoms with E-state index in [1.54, 1.807) is 13.0 Å². The number of hydrogen-bond acceptors (Lipinski definition) is 4. The molecule has 0 saturated heterocycles. The van der Waals surface area contributed by atoms with Crippen molar-refractivity contribution in [2.45, 2.75) is 19.9 Å². The zero-order chi connectivity index (χ0) is 14.4. The number of benzene rings is 2. The molecule has 0 aromatic heterocycles. The third kappa shape index (κ3) is 3.48. The first kappa shape index (κ1) is 14.3. The molecule has 20 heavy (non-hydrogen) atoms. The van der Waals surface area contributed by atoms with Gasteiger partial charge in [-0.15, -0.1) is 0 Å². The minimum absolute atomic E-state index is 0.206. The summed E-state index contributed by atoms with van der Waals surface area (Å²) in [5.74, 6) is 0.0643. The summed E-state index contributed by atoms with van der Waals surface area (Å²) < 4.78 is 4.86. The number of phenolic OH excluding ortho intramolecular Hbond substituents is 1. The van der Waals surface area contributed by atoms with Crippen molar-refractivity contribution in [2.24, 2.45) is 0 Å². The maximum absolute atomic E-state index is 11.2. The van der Waals surface area contributed by atoms with Crippen LogP contribution in [0.3, 0.4) is 0 Å². The summed E-state index contributed by atoms with van der Waals surface area (Å²) in [5, 5.41) is 15.2. The Hall–Kier alpha value is -2.07. The van der Waals surface area contributed by atoms with E-state index in [0.717, 1.165) is 16.3 Å². The van der Waals surface area contributed by atoms with Crippen LogP contribution in [0.5, 0.6) is 5.75 Å². The van der Waals surface area contributed by atoms with Crippen LogP contribution in [0.4, 0.5) is 0 Å². The molecule has 2 aromatic carbocycles. The van der Waals surface area contributed by atoms with Crippen molar-refractivity contribution in [3.63, 3.8) is 0 Å². The first-order valence-corrected chi connectivity index (χ1v) is 6.78. The minimum atomic E-state index is -0.206. The second kappa shape index (κ2) is 6.91. The molecular weight excluding hydrogens is 254 g/mol. The normalized spacial score (nSPS) is 10.7. The number of aromatic hydroxyl groups is 1. The molecule has 4 nitrogen and oxygen atoms in total. The van der Waals surface area contributed by atoms with Crippen LogP contribution in [0.15, 0.2) is 36.4 Å². The second-order valence-corrected chi connectivity index (χ2v) is 4.52. The van der Waals surface area contributed by atoms with Gasteiger partial charge in [0.1, 0.15) is 5.75 Å². The van der Waals surface area contributed by atoms with Crippen LogP contribution in [-0.4, -0.2) is 24.2 Å². The zero-order valence-electron chi connectivity index (χ0n) is 11.6. The van der Waals surface area contributed by atoms with Crippen LogP contribution in [0, 0.1) is 0 Å². The first-order valence-electron chi connectivity index (χ1n) is 6.78. The van der Waals surface area contributed by atoms with E-state index in [1.807, 2.05) is 30.3 Å². The van der Waals surface area contributed by atoms with E-state index >= 15 is 0 Å². The van der Waals surface area contributed by atoms with E-state index in [9.17, 15) is 9.90 Å². The number of phenols is 1. The molecule has 0 aliphatic carbocycles. The lowest BCUT2D eigenvalue weighted by atomic mass is 10.0. The molecule has 0 saturated carbocycles. The maximum atomic E-state index is 11.2. The van der Waals surface area contributed by atoms with Crippen LogP contribution in [0.2, 0.25) is 0 Å². The quantitative estimate of drug-likeness (QED) is 0.627. The standard InChI is InChI=1S/C16H19NO3/c1-2-20-16(19)9-10-17-11-14-13-6-4-3-5-12(13)7-8-15(14)18/h3-8,17-18H,2,9-11H2,1H3. The number of carbonyl (C=O) groups excluding carboxylic acids is 1. The molecule has 0 fully saturated rings. The minimum Gasteiger partial charge on any atom is -0.508 e. The van der Waals surface area contributed by atoms with Gasteiger partial charge < -0.3 is 15.2 Å². The molecule has 0 spiro atoms. The third-order valence-electron chi connectivity index (χ3n) is 3.13. The van der Waals surface area contributed by atoms with Gasteiger partial charge in [-0.3, -0.25) is 4.79 Å². The molecule has 0 aliphatic heterocycles. The van der Waals surface area contributed by atoms with E-state index in [-0.39, 0.29) is 11.7 Å². The fraction of sp³-hybridized carbons (Fsp3) is 0.312. The van der Waals surface area contributed by atoms with Gasteiger partial charge in [-0.2, -0.15) is 0 Å². The van der Waals surface area contributed by atoms with Gasteiger partial charge in [-0.25, -0.2) is 0 Å². The fourth-order valence-electron chi connectivity index (χ4n) is 2.15. The van der Waals surface area contributed by atoms with Crippen molar-refractivity contribution in [1.29, 1.82) is 0 Å². The van der Waals surface area contributed by atoms with Gasteiger partial charge >= 0.3 is 5.97 Å². The highest BCUT2D eigenvalue weighted by molar-refractivity contribution is 5.87. The predicted octanol–water partition coefficient (Wildman–Crippen LogP) is 2.59. The highest BCUT2D eigenvalue weighted by atomic mass is 16.5. The monoisotopic (exact) mass is 273 g/mol. The maximum Gasteiger partial charge on any atom is 0.307 e. The lowest BCUT2D eigenvalue weighted by Crippen LogP contribution is -2.19. The number of ether oxygens (including phenoxy) is 1. The van der Waals surface area contributed by atoms with Gasteiger partial charge in [0.15, 0.2) is 0 Å². The Morgan fingerprint density at radius 3 is 2.85 bits per heavy atom. The van der Waals surface area contributed by atoms with Crippen molar-refractivity contribution >= 4 is 16.7 Å². The van der Waals surface area contributed by atoms with Gasteiger partial charge in [-0.05, 0) is 23.8 Å². The van der Waals surface area contributed by atoms with Gasteiger partial charge in [0.25, 0.3) is 0 Å². The Morgan fingerprint density at radius 1 is 1.25 bits per heavy atom. The molecule has 2 rings (SSSR count). The molecule has 0 heterocycles. The van der Waals surface area contributed by atoms with Gasteiger partial charge in [-0.1, -0.05) is 30.3 Å². The fourth-order valence-corrected chi connectivity index (χ4v) is 2.15. The second-order valence-electron chi connectivity index (χ2n) is 4.52. The summed E-state index contributed by atoms with van der Waals surface area (Å²) in [6.45, 7) is 3.25. The average molecular weight is 273 g/mol. The van der Waals surface area contributed by atoms with Crippen LogP contribution in [0.1, 0.15) is 18.9 Å². The molecule has 0 amide bonds. The van der Waals surface area contributed by atoms with Gasteiger partial charge in [0, 0.05) is 18.7 Å². The summed E-state index contributed by atoms with van der Waals surface area (Å²) in [4.78, 5) is 11.2. The summed E-state index contributed by atoms with van der Waals surface area (Å²) in [6.07, 6.45) is 0.333. The number of rotatable bonds is 6.